The van der Waals surface area contributed by atoms with Gasteiger partial charge in [0.15, 0.2) is 0 Å². The van der Waals surface area contributed by atoms with Crippen LogP contribution >= 0.6 is 0 Å². The van der Waals surface area contributed by atoms with Gasteiger partial charge in [0, 0.05) is 44.6 Å². The summed E-state index contributed by atoms with van der Waals surface area (Å²) in [7, 11) is 0. The molecule has 116 valence electrons. The summed E-state index contributed by atoms with van der Waals surface area (Å²) in [4.78, 5) is 25.1. The summed E-state index contributed by atoms with van der Waals surface area (Å²) in [5.74, 6) is -0.454. The van der Waals surface area contributed by atoms with Gasteiger partial charge in [-0.25, -0.2) is 0 Å². The van der Waals surface area contributed by atoms with E-state index in [1.807, 2.05) is 16.9 Å². The van der Waals surface area contributed by atoms with Crippen LogP contribution in [0.15, 0.2) is 41.6 Å². The fourth-order valence-electron chi connectivity index (χ4n) is 2.79. The molecule has 2 aromatic heterocycles. The van der Waals surface area contributed by atoms with Crippen LogP contribution in [0.3, 0.4) is 0 Å². The fraction of sp³-hybridized carbons (Fsp3) is 0.400. The molecule has 1 unspecified atom stereocenters. The fourth-order valence-corrected chi connectivity index (χ4v) is 2.79. The number of hydrogen-bond acceptors (Lipinski definition) is 4. The molecule has 3 rings (SSSR count). The van der Waals surface area contributed by atoms with E-state index in [4.69, 9.17) is 5.73 Å². The summed E-state index contributed by atoms with van der Waals surface area (Å²) in [6.45, 7) is 3.32. The van der Waals surface area contributed by atoms with Crippen LogP contribution in [-0.4, -0.2) is 44.8 Å². The zero-order valence-corrected chi connectivity index (χ0v) is 12.3. The van der Waals surface area contributed by atoms with Crippen molar-refractivity contribution in [2.24, 2.45) is 5.73 Å². The first kappa shape index (κ1) is 14.5. The quantitative estimate of drug-likeness (QED) is 0.848. The monoisotopic (exact) mass is 301 g/mol. The van der Waals surface area contributed by atoms with E-state index >= 15 is 0 Å². The Hall–Kier alpha value is -2.41. The van der Waals surface area contributed by atoms with Crippen molar-refractivity contribution in [3.05, 3.63) is 52.7 Å². The van der Waals surface area contributed by atoms with Crippen LogP contribution in [0.5, 0.6) is 0 Å². The van der Waals surface area contributed by atoms with Crippen molar-refractivity contribution >= 4 is 5.91 Å². The second kappa shape index (κ2) is 6.15. The number of rotatable bonds is 5. The van der Waals surface area contributed by atoms with Gasteiger partial charge in [-0.15, -0.1) is 0 Å². The number of nitrogens with two attached hydrogens (primary N) is 1. The summed E-state index contributed by atoms with van der Waals surface area (Å²) in [6.07, 6.45) is 6.00. The predicted molar refractivity (Wildman–Crippen MR) is 81.5 cm³/mol. The molecule has 22 heavy (non-hydrogen) atoms. The van der Waals surface area contributed by atoms with Gasteiger partial charge in [-0.1, -0.05) is 6.07 Å². The molecule has 0 saturated carbocycles. The minimum Gasteiger partial charge on any atom is -0.366 e. The predicted octanol–water partition coefficient (Wildman–Crippen LogP) is 0.0907. The van der Waals surface area contributed by atoms with Gasteiger partial charge in [0.2, 0.25) is 0 Å². The van der Waals surface area contributed by atoms with Crippen LogP contribution in [-0.2, 0) is 6.54 Å². The maximum absolute atomic E-state index is 11.7. The summed E-state index contributed by atoms with van der Waals surface area (Å²) in [5, 5.41) is 4.22. The van der Waals surface area contributed by atoms with Crippen LogP contribution in [0, 0.1) is 0 Å². The smallest absolute Gasteiger partial charge is 0.251 e. The number of carbonyl (C=O) groups excluding carboxylic acids is 1. The Morgan fingerprint density at radius 2 is 2.23 bits per heavy atom. The van der Waals surface area contributed by atoms with Crippen LogP contribution in [0.1, 0.15) is 22.8 Å². The first-order valence-electron chi connectivity index (χ1n) is 7.35. The topological polar surface area (TPSA) is 86.2 Å². The molecule has 2 aromatic rings. The van der Waals surface area contributed by atoms with E-state index < -0.39 is 5.91 Å². The van der Waals surface area contributed by atoms with Gasteiger partial charge in [0.1, 0.15) is 0 Å². The third-order valence-electron chi connectivity index (χ3n) is 4.06. The molecule has 1 atom stereocenters. The van der Waals surface area contributed by atoms with E-state index in [0.717, 1.165) is 26.1 Å². The van der Waals surface area contributed by atoms with Crippen molar-refractivity contribution in [3.63, 3.8) is 0 Å². The van der Waals surface area contributed by atoms with Gasteiger partial charge in [0.25, 0.3) is 11.5 Å². The van der Waals surface area contributed by atoms with E-state index in [1.54, 1.807) is 22.9 Å². The van der Waals surface area contributed by atoms with Crippen molar-refractivity contribution in [1.82, 2.24) is 19.2 Å². The summed E-state index contributed by atoms with van der Waals surface area (Å²) < 4.78 is 3.53. The molecule has 0 bridgehead atoms. The average molecular weight is 301 g/mol. The minimum absolute atomic E-state index is 0.0245. The van der Waals surface area contributed by atoms with Crippen molar-refractivity contribution in [2.45, 2.75) is 19.0 Å². The molecule has 0 radical (unpaired) electrons. The molecule has 1 amide bonds. The van der Waals surface area contributed by atoms with Crippen molar-refractivity contribution < 1.29 is 4.79 Å². The summed E-state index contributed by atoms with van der Waals surface area (Å²) >= 11 is 0. The maximum atomic E-state index is 11.7. The Balaban J connectivity index is 1.57. The standard InChI is InChI=1S/C15H19N5O2/c16-15(22)12-9-17-20(10-12)13-4-6-18(11-13)7-8-19-5-2-1-3-14(19)21/h1-3,5,9-10,13H,4,6-8,11H2,(H2,16,22). The molecule has 3 heterocycles. The van der Waals surface area contributed by atoms with Gasteiger partial charge >= 0.3 is 0 Å². The van der Waals surface area contributed by atoms with Gasteiger partial charge < -0.3 is 10.3 Å². The lowest BCUT2D eigenvalue weighted by Gasteiger charge is -2.16. The molecule has 1 saturated heterocycles. The Morgan fingerprint density at radius 3 is 2.95 bits per heavy atom. The highest BCUT2D eigenvalue weighted by molar-refractivity contribution is 5.92. The Kier molecular flexibility index (Phi) is 4.06. The van der Waals surface area contributed by atoms with E-state index in [9.17, 15) is 9.59 Å². The number of nitrogens with zero attached hydrogens (tertiary/aromatic N) is 4. The number of likely N-dealkylation sites (tertiary alicyclic amines) is 1. The molecule has 0 aliphatic carbocycles. The molecule has 7 heteroatoms. The molecule has 0 spiro atoms. The largest absolute Gasteiger partial charge is 0.366 e. The Labute approximate surface area is 127 Å². The van der Waals surface area contributed by atoms with Crippen molar-refractivity contribution in [2.75, 3.05) is 19.6 Å². The molecule has 1 fully saturated rings. The highest BCUT2D eigenvalue weighted by Crippen LogP contribution is 2.20. The normalized spacial score (nSPS) is 18.6. The minimum atomic E-state index is -0.454. The van der Waals surface area contributed by atoms with Gasteiger partial charge in [0.05, 0.1) is 17.8 Å². The lowest BCUT2D eigenvalue weighted by Crippen LogP contribution is -2.29. The lowest BCUT2D eigenvalue weighted by atomic mass is 10.3. The van der Waals surface area contributed by atoms with E-state index in [-0.39, 0.29) is 11.6 Å². The van der Waals surface area contributed by atoms with Crippen LogP contribution in [0.4, 0.5) is 0 Å². The van der Waals surface area contributed by atoms with Crippen LogP contribution in [0.25, 0.3) is 0 Å². The van der Waals surface area contributed by atoms with E-state index in [2.05, 4.69) is 10.00 Å². The van der Waals surface area contributed by atoms with Crippen molar-refractivity contribution in [1.29, 1.82) is 0 Å². The second-order valence-corrected chi connectivity index (χ2v) is 5.55. The molecule has 0 aromatic carbocycles. The van der Waals surface area contributed by atoms with Gasteiger partial charge in [-0.05, 0) is 12.5 Å². The number of amides is 1. The van der Waals surface area contributed by atoms with Gasteiger partial charge in [-0.2, -0.15) is 5.10 Å². The summed E-state index contributed by atoms with van der Waals surface area (Å²) in [5.41, 5.74) is 5.71. The molecule has 7 nitrogen and oxygen atoms in total. The first-order chi connectivity index (χ1) is 10.6. The Bertz CT molecular complexity index is 720. The number of primary amides is 1. The number of carbonyl (C=O) groups is 1. The Morgan fingerprint density at radius 1 is 1.36 bits per heavy atom. The third-order valence-corrected chi connectivity index (χ3v) is 4.06. The lowest BCUT2D eigenvalue weighted by molar-refractivity contribution is 0.1000. The molecule has 1 aliphatic heterocycles. The summed E-state index contributed by atoms with van der Waals surface area (Å²) in [6, 6.07) is 5.43. The molecule has 1 aliphatic rings. The number of pyridine rings is 1. The van der Waals surface area contributed by atoms with Gasteiger partial charge in [-0.3, -0.25) is 19.2 Å². The zero-order chi connectivity index (χ0) is 15.5. The van der Waals surface area contributed by atoms with E-state index in [0.29, 0.717) is 12.1 Å². The second-order valence-electron chi connectivity index (χ2n) is 5.55. The maximum Gasteiger partial charge on any atom is 0.251 e. The highest BCUT2D eigenvalue weighted by Gasteiger charge is 2.24. The molecular formula is C15H19N5O2. The highest BCUT2D eigenvalue weighted by atomic mass is 16.1. The molecular weight excluding hydrogens is 282 g/mol. The average Bonchev–Trinajstić information content (AvgIpc) is 3.15. The number of aromatic nitrogens is 3. The SMILES string of the molecule is NC(=O)c1cnn(C2CCN(CCn3ccccc3=O)C2)c1. The first-order valence-corrected chi connectivity index (χ1v) is 7.35. The third kappa shape index (κ3) is 3.09. The number of hydrogen-bond donors (Lipinski definition) is 1. The van der Waals surface area contributed by atoms with Crippen LogP contribution < -0.4 is 11.3 Å². The van der Waals surface area contributed by atoms with E-state index in [1.165, 1.54) is 6.20 Å². The van der Waals surface area contributed by atoms with Crippen LogP contribution in [0.2, 0.25) is 0 Å². The molecule has 2 N–H and O–H groups in total. The van der Waals surface area contributed by atoms with Crippen molar-refractivity contribution in [3.8, 4) is 0 Å². The zero-order valence-electron chi connectivity index (χ0n) is 12.3.